The van der Waals surface area contributed by atoms with Crippen LogP contribution in [-0.2, 0) is 21.7 Å². The van der Waals surface area contributed by atoms with Crippen molar-refractivity contribution in [1.29, 1.82) is 0 Å². The molecule has 0 radical (unpaired) electrons. The molecule has 3 aliphatic rings. The summed E-state index contributed by atoms with van der Waals surface area (Å²) in [6.07, 6.45) is 1.61. The highest BCUT2D eigenvalue weighted by atomic mass is 16.5. The number of ether oxygens (including phenoxy) is 1. The Morgan fingerprint density at radius 3 is 2.89 bits per heavy atom. The van der Waals surface area contributed by atoms with Crippen molar-refractivity contribution in [1.82, 2.24) is 9.47 Å². The van der Waals surface area contributed by atoms with Crippen LogP contribution in [0, 0.1) is 11.8 Å². The Kier molecular flexibility index (Phi) is 3.70. The summed E-state index contributed by atoms with van der Waals surface area (Å²) in [7, 11) is 1.33. The summed E-state index contributed by atoms with van der Waals surface area (Å²) in [5.74, 6) is -0.343. The molecule has 1 fully saturated rings. The third-order valence-electron chi connectivity index (χ3n) is 6.98. The van der Waals surface area contributed by atoms with E-state index in [-0.39, 0.29) is 17.9 Å². The van der Waals surface area contributed by atoms with Crippen molar-refractivity contribution in [3.05, 3.63) is 35.5 Å². The van der Waals surface area contributed by atoms with Gasteiger partial charge in [-0.2, -0.15) is 0 Å². The highest BCUT2D eigenvalue weighted by Gasteiger charge is 2.55. The standard InChI is InChI=1S/C21H26N2O4/c1-12(24)14-9-13-10-21(26,20(25)27-2)23-17-6-4-3-5-15(17)16-7-8-22(11-14)18(13)19(16)23/h3-6,12-14,18,24,26H,7-11H2,1-2H3/t12-,13+,14-,18-,21-/m1/s1. The number of methoxy groups -OCH3 is 1. The topological polar surface area (TPSA) is 74.9 Å². The van der Waals surface area contributed by atoms with Gasteiger partial charge in [-0.15, -0.1) is 0 Å². The van der Waals surface area contributed by atoms with Gasteiger partial charge in [-0.1, -0.05) is 18.2 Å². The molecule has 0 amide bonds. The van der Waals surface area contributed by atoms with E-state index in [1.54, 1.807) is 0 Å². The zero-order valence-corrected chi connectivity index (χ0v) is 15.8. The zero-order valence-electron chi connectivity index (χ0n) is 15.8. The van der Waals surface area contributed by atoms with Crippen LogP contribution in [0.2, 0.25) is 0 Å². The van der Waals surface area contributed by atoms with Crippen LogP contribution < -0.4 is 0 Å². The van der Waals surface area contributed by atoms with Gasteiger partial charge in [0.05, 0.1) is 24.8 Å². The Bertz CT molecular complexity index is 920. The molecular weight excluding hydrogens is 344 g/mol. The lowest BCUT2D eigenvalue weighted by molar-refractivity contribution is -0.185. The normalized spacial score (nSPS) is 33.6. The third-order valence-corrected chi connectivity index (χ3v) is 6.98. The molecule has 2 N–H and O–H groups in total. The molecule has 1 aromatic heterocycles. The number of para-hydroxylation sites is 1. The second kappa shape index (κ2) is 5.80. The quantitative estimate of drug-likeness (QED) is 0.789. The van der Waals surface area contributed by atoms with Crippen LogP contribution in [0.15, 0.2) is 24.3 Å². The summed E-state index contributed by atoms with van der Waals surface area (Å²) in [6.45, 7) is 3.64. The Balaban J connectivity index is 1.77. The molecule has 0 aliphatic carbocycles. The lowest BCUT2D eigenvalue weighted by atomic mass is 9.71. The van der Waals surface area contributed by atoms with E-state index in [1.165, 1.54) is 12.7 Å². The first-order valence-electron chi connectivity index (χ1n) is 9.81. The van der Waals surface area contributed by atoms with Crippen LogP contribution in [0.1, 0.15) is 37.1 Å². The van der Waals surface area contributed by atoms with E-state index in [4.69, 9.17) is 4.74 Å². The Morgan fingerprint density at radius 2 is 2.15 bits per heavy atom. The van der Waals surface area contributed by atoms with Gasteiger partial charge in [0.25, 0.3) is 0 Å². The van der Waals surface area contributed by atoms with Crippen molar-refractivity contribution < 1.29 is 19.7 Å². The second-order valence-electron chi connectivity index (χ2n) is 8.41. The average Bonchev–Trinajstić information content (AvgIpc) is 3.02. The average molecular weight is 370 g/mol. The van der Waals surface area contributed by atoms with E-state index in [2.05, 4.69) is 11.0 Å². The van der Waals surface area contributed by atoms with E-state index in [1.807, 2.05) is 29.7 Å². The Labute approximate surface area is 158 Å². The number of rotatable bonds is 2. The fraction of sp³-hybridized carbons (Fsp3) is 0.571. The van der Waals surface area contributed by atoms with Crippen molar-refractivity contribution in [3.8, 4) is 0 Å². The number of hydrogen-bond acceptors (Lipinski definition) is 5. The van der Waals surface area contributed by atoms with Gasteiger partial charge in [-0.25, -0.2) is 4.79 Å². The minimum absolute atomic E-state index is 0.110. The molecule has 5 atom stereocenters. The maximum atomic E-state index is 12.7. The number of aliphatic hydroxyl groups excluding tert-OH is 1. The SMILES string of the molecule is COC(=O)[C@]1(O)C[C@@H]2C[C@@H]([C@@H](C)O)CN3CCc4c(n1c1ccccc41)[C@@H]23. The number of aromatic nitrogens is 1. The van der Waals surface area contributed by atoms with Crippen molar-refractivity contribution in [2.45, 2.75) is 44.1 Å². The molecule has 5 rings (SSSR count). The van der Waals surface area contributed by atoms with Crippen LogP contribution in [0.25, 0.3) is 10.9 Å². The molecular formula is C21H26N2O4. The summed E-state index contributed by atoms with van der Waals surface area (Å²) in [5.41, 5.74) is 1.51. The molecule has 2 aromatic rings. The molecule has 27 heavy (non-hydrogen) atoms. The predicted molar refractivity (Wildman–Crippen MR) is 100 cm³/mol. The van der Waals surface area contributed by atoms with Gasteiger partial charge in [-0.05, 0) is 43.2 Å². The van der Waals surface area contributed by atoms with Crippen molar-refractivity contribution in [3.63, 3.8) is 0 Å². The maximum Gasteiger partial charge on any atom is 0.359 e. The molecule has 0 spiro atoms. The number of carbonyl (C=O) groups excluding carboxylic acids is 1. The van der Waals surface area contributed by atoms with Crippen LogP contribution in [0.3, 0.4) is 0 Å². The number of piperidine rings is 1. The van der Waals surface area contributed by atoms with E-state index >= 15 is 0 Å². The fourth-order valence-corrected chi connectivity index (χ4v) is 5.83. The van der Waals surface area contributed by atoms with Gasteiger partial charge >= 0.3 is 5.97 Å². The van der Waals surface area contributed by atoms with E-state index < -0.39 is 17.8 Å². The molecule has 1 saturated heterocycles. The second-order valence-corrected chi connectivity index (χ2v) is 8.41. The summed E-state index contributed by atoms with van der Waals surface area (Å²) >= 11 is 0. The summed E-state index contributed by atoms with van der Waals surface area (Å²) in [6, 6.07) is 8.20. The monoisotopic (exact) mass is 370 g/mol. The lowest BCUT2D eigenvalue weighted by Gasteiger charge is -2.53. The first-order valence-corrected chi connectivity index (χ1v) is 9.81. The number of aliphatic hydroxyl groups is 2. The largest absolute Gasteiger partial charge is 0.465 e. The number of benzene rings is 1. The minimum atomic E-state index is -1.70. The molecule has 6 nitrogen and oxygen atoms in total. The van der Waals surface area contributed by atoms with E-state index in [9.17, 15) is 15.0 Å². The minimum Gasteiger partial charge on any atom is -0.465 e. The predicted octanol–water partition coefficient (Wildman–Crippen LogP) is 1.78. The molecule has 144 valence electrons. The van der Waals surface area contributed by atoms with Gasteiger partial charge in [0.15, 0.2) is 0 Å². The summed E-state index contributed by atoms with van der Waals surface area (Å²) in [5, 5.41) is 22.9. The zero-order chi connectivity index (χ0) is 18.9. The highest BCUT2D eigenvalue weighted by Crippen LogP contribution is 2.54. The van der Waals surface area contributed by atoms with Crippen LogP contribution in [0.5, 0.6) is 0 Å². The summed E-state index contributed by atoms with van der Waals surface area (Å²) in [4.78, 5) is 15.2. The first-order chi connectivity index (χ1) is 13.0. The van der Waals surface area contributed by atoms with Gasteiger partial charge < -0.3 is 19.5 Å². The van der Waals surface area contributed by atoms with E-state index in [0.29, 0.717) is 6.42 Å². The number of carbonyl (C=O) groups is 1. The van der Waals surface area contributed by atoms with Crippen molar-refractivity contribution in [2.75, 3.05) is 20.2 Å². The van der Waals surface area contributed by atoms with Crippen molar-refractivity contribution >= 4 is 16.9 Å². The van der Waals surface area contributed by atoms with E-state index in [0.717, 1.165) is 42.5 Å². The van der Waals surface area contributed by atoms with Crippen molar-refractivity contribution in [2.24, 2.45) is 11.8 Å². The molecule has 1 aromatic carbocycles. The maximum absolute atomic E-state index is 12.7. The Hall–Kier alpha value is -1.89. The lowest BCUT2D eigenvalue weighted by Crippen LogP contribution is -2.57. The summed E-state index contributed by atoms with van der Waals surface area (Å²) < 4.78 is 6.88. The number of hydrogen-bond donors (Lipinski definition) is 2. The highest BCUT2D eigenvalue weighted by molar-refractivity contribution is 5.89. The van der Waals surface area contributed by atoms with Crippen LogP contribution in [0.4, 0.5) is 0 Å². The molecule has 0 bridgehead atoms. The third kappa shape index (κ3) is 2.21. The molecule has 6 heteroatoms. The smallest absolute Gasteiger partial charge is 0.359 e. The Morgan fingerprint density at radius 1 is 1.37 bits per heavy atom. The first kappa shape index (κ1) is 17.2. The number of nitrogens with zero attached hydrogens (tertiary/aromatic N) is 2. The van der Waals surface area contributed by atoms with Gasteiger partial charge in [0.1, 0.15) is 0 Å². The molecule has 3 aliphatic heterocycles. The van der Waals surface area contributed by atoms with Gasteiger partial charge in [0.2, 0.25) is 5.72 Å². The van der Waals surface area contributed by atoms with Gasteiger partial charge in [-0.3, -0.25) is 4.90 Å². The number of esters is 1. The van der Waals surface area contributed by atoms with Crippen LogP contribution in [-0.4, -0.2) is 52.0 Å². The fourth-order valence-electron chi connectivity index (χ4n) is 5.83. The molecule has 0 saturated carbocycles. The molecule has 4 heterocycles. The van der Waals surface area contributed by atoms with Gasteiger partial charge in [0, 0.05) is 30.6 Å². The van der Waals surface area contributed by atoms with Crippen LogP contribution >= 0.6 is 0 Å². The molecule has 0 unspecified atom stereocenters. The number of fused-ring (bicyclic) bond motifs is 3.